The van der Waals surface area contributed by atoms with Crippen LogP contribution in [0.25, 0.3) is 22.2 Å². The number of anilines is 1. The molecule has 0 bridgehead atoms. The second kappa shape index (κ2) is 12.6. The SMILES string of the molecule is C=CC(=O)N1CCC(N2CC(C#Cc3c(-c4ccc(Oc5cccc(C)n5)c(OC)c4)c4c(N)ncnc4n3C(C)C)C2)CC1. The third-order valence-corrected chi connectivity index (χ3v) is 8.63. The zero-order valence-electron chi connectivity index (χ0n) is 26.3. The molecule has 6 rings (SSSR count). The summed E-state index contributed by atoms with van der Waals surface area (Å²) in [7, 11) is 1.62. The lowest BCUT2D eigenvalue weighted by atomic mass is 9.93. The van der Waals surface area contributed by atoms with Crippen LogP contribution in [0.2, 0.25) is 0 Å². The maximum atomic E-state index is 12.0. The fourth-order valence-electron chi connectivity index (χ4n) is 6.31. The van der Waals surface area contributed by atoms with Gasteiger partial charge in [0, 0.05) is 61.5 Å². The predicted molar refractivity (Wildman–Crippen MR) is 175 cm³/mol. The molecule has 1 amide bonds. The van der Waals surface area contributed by atoms with E-state index in [0.29, 0.717) is 29.2 Å². The predicted octanol–water partition coefficient (Wildman–Crippen LogP) is 5.23. The first-order valence-electron chi connectivity index (χ1n) is 15.4. The van der Waals surface area contributed by atoms with Gasteiger partial charge in [-0.3, -0.25) is 9.69 Å². The number of carbonyl (C=O) groups excluding carboxylic acids is 1. The average molecular weight is 606 g/mol. The van der Waals surface area contributed by atoms with E-state index in [4.69, 9.17) is 15.2 Å². The van der Waals surface area contributed by atoms with Crippen LogP contribution in [-0.4, -0.2) is 74.6 Å². The van der Waals surface area contributed by atoms with Crippen molar-refractivity contribution < 1.29 is 14.3 Å². The van der Waals surface area contributed by atoms with Crippen LogP contribution in [-0.2, 0) is 4.79 Å². The molecule has 232 valence electrons. The zero-order valence-corrected chi connectivity index (χ0v) is 26.3. The number of amides is 1. The standard InChI is InChI=1S/C35H39N7O3/c1-6-31(43)40-16-14-26(15-17-40)41-19-24(20-41)10-12-27-32(33-34(36)37-21-38-35(33)42(27)22(2)3)25-11-13-28(29(18-25)44-5)45-30-9-7-8-23(4)39-30/h6-9,11,13,18,21-22,24,26H,1,14-17,19-20H2,2-5H3,(H2,36,37,38). The Bertz CT molecular complexity index is 1810. The van der Waals surface area contributed by atoms with Crippen molar-refractivity contribution in [3.63, 3.8) is 0 Å². The van der Waals surface area contributed by atoms with E-state index < -0.39 is 0 Å². The number of pyridine rings is 1. The highest BCUT2D eigenvalue weighted by Gasteiger charge is 2.34. The molecule has 0 radical (unpaired) electrons. The first-order valence-corrected chi connectivity index (χ1v) is 15.4. The molecule has 0 spiro atoms. The molecule has 2 saturated heterocycles. The maximum Gasteiger partial charge on any atom is 0.245 e. The Morgan fingerprint density at radius 1 is 1.13 bits per heavy atom. The molecular formula is C35H39N7O3. The van der Waals surface area contributed by atoms with Crippen molar-refractivity contribution in [3.8, 4) is 40.3 Å². The Balaban J connectivity index is 1.31. The number of methoxy groups -OCH3 is 1. The number of likely N-dealkylation sites (tertiary alicyclic amines) is 2. The minimum atomic E-state index is 0.0190. The van der Waals surface area contributed by atoms with Gasteiger partial charge in [-0.2, -0.15) is 0 Å². The van der Waals surface area contributed by atoms with Crippen molar-refractivity contribution in [3.05, 3.63) is 66.8 Å². The van der Waals surface area contributed by atoms with Gasteiger partial charge >= 0.3 is 0 Å². The highest BCUT2D eigenvalue weighted by Crippen LogP contribution is 2.42. The van der Waals surface area contributed by atoms with Gasteiger partial charge in [-0.05, 0) is 69.4 Å². The largest absolute Gasteiger partial charge is 0.493 e. The van der Waals surface area contributed by atoms with Gasteiger partial charge in [0.05, 0.1) is 12.5 Å². The van der Waals surface area contributed by atoms with Crippen molar-refractivity contribution in [2.24, 2.45) is 5.92 Å². The zero-order chi connectivity index (χ0) is 31.7. The van der Waals surface area contributed by atoms with Crippen molar-refractivity contribution in [2.45, 2.75) is 45.7 Å². The summed E-state index contributed by atoms with van der Waals surface area (Å²) in [5.74, 6) is 9.39. The lowest BCUT2D eigenvalue weighted by Gasteiger charge is -2.45. The molecule has 0 atom stereocenters. The fourth-order valence-corrected chi connectivity index (χ4v) is 6.31. The van der Waals surface area contributed by atoms with Crippen LogP contribution in [0.5, 0.6) is 17.4 Å². The summed E-state index contributed by atoms with van der Waals surface area (Å²) in [6.07, 6.45) is 4.86. The van der Waals surface area contributed by atoms with Crippen molar-refractivity contribution in [1.29, 1.82) is 0 Å². The summed E-state index contributed by atoms with van der Waals surface area (Å²) in [6, 6.07) is 12.0. The number of benzene rings is 1. The molecule has 45 heavy (non-hydrogen) atoms. The van der Waals surface area contributed by atoms with Gasteiger partial charge in [-0.1, -0.05) is 24.6 Å². The van der Waals surface area contributed by atoms with Crippen LogP contribution in [0.3, 0.4) is 0 Å². The summed E-state index contributed by atoms with van der Waals surface area (Å²) in [6.45, 7) is 13.2. The number of hydrogen-bond donors (Lipinski definition) is 1. The van der Waals surface area contributed by atoms with Crippen LogP contribution in [0.1, 0.15) is 44.1 Å². The van der Waals surface area contributed by atoms with Crippen LogP contribution >= 0.6 is 0 Å². The highest BCUT2D eigenvalue weighted by atomic mass is 16.5. The lowest BCUT2D eigenvalue weighted by Crippen LogP contribution is -2.55. The van der Waals surface area contributed by atoms with Crippen LogP contribution in [0.15, 0.2) is 55.4 Å². The summed E-state index contributed by atoms with van der Waals surface area (Å²) < 4.78 is 14.0. The van der Waals surface area contributed by atoms with E-state index in [9.17, 15) is 4.79 Å². The van der Waals surface area contributed by atoms with Gasteiger partial charge in [0.1, 0.15) is 23.5 Å². The van der Waals surface area contributed by atoms with E-state index in [1.165, 1.54) is 12.4 Å². The molecule has 0 saturated carbocycles. The molecule has 0 aliphatic carbocycles. The van der Waals surface area contributed by atoms with Crippen molar-refractivity contribution >= 4 is 22.8 Å². The fraction of sp³-hybridized carbons (Fsp3) is 0.371. The lowest BCUT2D eigenvalue weighted by molar-refractivity contribution is -0.127. The Kier molecular flexibility index (Phi) is 8.46. The third kappa shape index (κ3) is 5.96. The summed E-state index contributed by atoms with van der Waals surface area (Å²) >= 11 is 0. The molecule has 4 aromatic rings. The maximum absolute atomic E-state index is 12.0. The molecular weight excluding hydrogens is 566 g/mol. The van der Waals surface area contributed by atoms with Gasteiger partial charge in [0.25, 0.3) is 0 Å². The van der Waals surface area contributed by atoms with Gasteiger partial charge in [0.2, 0.25) is 11.8 Å². The Labute approximate surface area is 263 Å². The van der Waals surface area contributed by atoms with Crippen molar-refractivity contribution in [2.75, 3.05) is 39.0 Å². The molecule has 2 N–H and O–H groups in total. The number of rotatable bonds is 7. The smallest absolute Gasteiger partial charge is 0.245 e. The van der Waals surface area contributed by atoms with E-state index in [1.54, 1.807) is 7.11 Å². The number of ether oxygens (including phenoxy) is 2. The first-order chi connectivity index (χ1) is 21.8. The Hall–Kier alpha value is -4.88. The van der Waals surface area contributed by atoms with E-state index >= 15 is 0 Å². The monoisotopic (exact) mass is 605 g/mol. The molecule has 5 heterocycles. The van der Waals surface area contributed by atoms with Crippen LogP contribution in [0.4, 0.5) is 5.82 Å². The molecule has 2 fully saturated rings. The van der Waals surface area contributed by atoms with E-state index in [-0.39, 0.29) is 17.9 Å². The molecule has 0 unspecified atom stereocenters. The Morgan fingerprint density at radius 2 is 1.91 bits per heavy atom. The molecule has 3 aromatic heterocycles. The second-order valence-electron chi connectivity index (χ2n) is 11.9. The average Bonchev–Trinajstić information content (AvgIpc) is 3.36. The number of hydrogen-bond acceptors (Lipinski definition) is 8. The van der Waals surface area contributed by atoms with Gasteiger partial charge in [-0.25, -0.2) is 15.0 Å². The van der Waals surface area contributed by atoms with Crippen molar-refractivity contribution in [1.82, 2.24) is 29.3 Å². The van der Waals surface area contributed by atoms with E-state index in [0.717, 1.165) is 72.6 Å². The topological polar surface area (TPSA) is 112 Å². The number of nitrogens with zero attached hydrogens (tertiary/aromatic N) is 6. The van der Waals surface area contributed by atoms with Gasteiger partial charge in [-0.15, -0.1) is 0 Å². The number of aryl methyl sites for hydroxylation is 1. The molecule has 1 aromatic carbocycles. The van der Waals surface area contributed by atoms with E-state index in [1.807, 2.05) is 48.2 Å². The van der Waals surface area contributed by atoms with Gasteiger partial charge < -0.3 is 24.7 Å². The highest BCUT2D eigenvalue weighted by molar-refractivity contribution is 6.04. The van der Waals surface area contributed by atoms with Crippen LogP contribution in [0, 0.1) is 24.7 Å². The van der Waals surface area contributed by atoms with Crippen LogP contribution < -0.4 is 15.2 Å². The normalized spacial score (nSPS) is 15.9. The molecule has 10 nitrogen and oxygen atoms in total. The summed E-state index contributed by atoms with van der Waals surface area (Å²) in [5.41, 5.74) is 10.7. The number of aromatic nitrogens is 4. The van der Waals surface area contributed by atoms with E-state index in [2.05, 4.69) is 56.7 Å². The number of nitrogen functional groups attached to an aromatic ring is 1. The minimum Gasteiger partial charge on any atom is -0.493 e. The number of nitrogens with two attached hydrogens (primary N) is 1. The quantitative estimate of drug-likeness (QED) is 0.225. The number of fused-ring (bicyclic) bond motifs is 1. The minimum absolute atomic E-state index is 0.0190. The number of carbonyl (C=O) groups is 1. The second-order valence-corrected chi connectivity index (χ2v) is 11.9. The summed E-state index contributed by atoms with van der Waals surface area (Å²) in [4.78, 5) is 29.8. The third-order valence-electron chi connectivity index (χ3n) is 8.63. The summed E-state index contributed by atoms with van der Waals surface area (Å²) in [5, 5.41) is 0.766. The first kappa shape index (κ1) is 30.2. The Morgan fingerprint density at radius 3 is 2.60 bits per heavy atom. The number of piperidine rings is 1. The molecule has 10 heteroatoms. The molecule has 2 aliphatic heterocycles. The van der Waals surface area contributed by atoms with Gasteiger partial charge in [0.15, 0.2) is 11.5 Å². The molecule has 2 aliphatic rings.